The van der Waals surface area contributed by atoms with E-state index in [1.54, 1.807) is 12.1 Å². The lowest BCUT2D eigenvalue weighted by Crippen LogP contribution is -2.23. The van der Waals surface area contributed by atoms with E-state index in [-0.39, 0.29) is 5.91 Å². The topological polar surface area (TPSA) is 32.3 Å². The van der Waals surface area contributed by atoms with Crippen LogP contribution in [0.25, 0.3) is 0 Å². The highest BCUT2D eigenvalue weighted by molar-refractivity contribution is 6.35. The molecule has 1 fully saturated rings. The monoisotopic (exact) mass is 376 g/mol. The molecule has 5 heteroatoms. The van der Waals surface area contributed by atoms with Gasteiger partial charge >= 0.3 is 0 Å². The first-order valence-corrected chi connectivity index (χ1v) is 9.42. The number of halogens is 2. The Morgan fingerprint density at radius 3 is 2.44 bits per heavy atom. The van der Waals surface area contributed by atoms with E-state index in [1.807, 2.05) is 6.07 Å². The quantitative estimate of drug-likeness (QED) is 0.781. The molecule has 0 aromatic heterocycles. The van der Waals surface area contributed by atoms with Crippen LogP contribution in [0.5, 0.6) is 0 Å². The molecule has 1 amide bonds. The summed E-state index contributed by atoms with van der Waals surface area (Å²) in [6.45, 7) is 2.83. The van der Waals surface area contributed by atoms with Crippen molar-refractivity contribution in [2.75, 3.05) is 18.0 Å². The van der Waals surface area contributed by atoms with Crippen molar-refractivity contribution < 1.29 is 4.79 Å². The molecule has 132 valence electrons. The average molecular weight is 377 g/mol. The highest BCUT2D eigenvalue weighted by Gasteiger charge is 2.12. The molecule has 3 nitrogen and oxygen atoms in total. The van der Waals surface area contributed by atoms with Gasteiger partial charge in [-0.3, -0.25) is 4.79 Å². The van der Waals surface area contributed by atoms with Gasteiger partial charge in [-0.1, -0.05) is 41.4 Å². The molecule has 1 aliphatic rings. The molecule has 3 rings (SSSR count). The summed E-state index contributed by atoms with van der Waals surface area (Å²) in [5.41, 5.74) is 3.32. The Hall–Kier alpha value is -1.71. The third-order valence-electron chi connectivity index (χ3n) is 4.53. The van der Waals surface area contributed by atoms with Crippen molar-refractivity contribution in [3.05, 3.63) is 63.6 Å². The van der Waals surface area contributed by atoms with E-state index in [0.29, 0.717) is 29.4 Å². The van der Waals surface area contributed by atoms with Crippen LogP contribution < -0.4 is 10.2 Å². The maximum atomic E-state index is 12.1. The van der Waals surface area contributed by atoms with Gasteiger partial charge in [0.15, 0.2) is 0 Å². The van der Waals surface area contributed by atoms with Crippen LogP contribution in [-0.2, 0) is 17.8 Å². The predicted molar refractivity (Wildman–Crippen MR) is 105 cm³/mol. The SMILES string of the molecule is O=C(CCc1ccc(Cl)cc1Cl)NCc1ccc(N2CCCC2)cc1. The Bertz CT molecular complexity index is 725. The lowest BCUT2D eigenvalue weighted by Gasteiger charge is -2.17. The predicted octanol–water partition coefficient (Wildman–Crippen LogP) is 4.84. The Balaban J connectivity index is 1.45. The summed E-state index contributed by atoms with van der Waals surface area (Å²) in [5.74, 6) is 0.0228. The summed E-state index contributed by atoms with van der Waals surface area (Å²) < 4.78 is 0. The van der Waals surface area contributed by atoms with E-state index >= 15 is 0 Å². The minimum Gasteiger partial charge on any atom is -0.372 e. The lowest BCUT2D eigenvalue weighted by molar-refractivity contribution is -0.121. The number of nitrogens with one attached hydrogen (secondary N) is 1. The van der Waals surface area contributed by atoms with Crippen molar-refractivity contribution >= 4 is 34.8 Å². The zero-order valence-corrected chi connectivity index (χ0v) is 15.6. The molecular weight excluding hydrogens is 355 g/mol. The van der Waals surface area contributed by atoms with Gasteiger partial charge in [0.1, 0.15) is 0 Å². The van der Waals surface area contributed by atoms with Gasteiger partial charge in [0, 0.05) is 41.8 Å². The van der Waals surface area contributed by atoms with Gasteiger partial charge in [-0.25, -0.2) is 0 Å². The maximum Gasteiger partial charge on any atom is 0.220 e. The smallest absolute Gasteiger partial charge is 0.220 e. The summed E-state index contributed by atoms with van der Waals surface area (Å²) >= 11 is 12.0. The first-order chi connectivity index (χ1) is 12.1. The summed E-state index contributed by atoms with van der Waals surface area (Å²) in [4.78, 5) is 14.5. The van der Waals surface area contributed by atoms with E-state index in [2.05, 4.69) is 34.5 Å². The fourth-order valence-corrected chi connectivity index (χ4v) is 3.56. The molecule has 1 aliphatic heterocycles. The van der Waals surface area contributed by atoms with Crippen LogP contribution in [0, 0.1) is 0 Å². The Labute approximate surface area is 158 Å². The van der Waals surface area contributed by atoms with Gasteiger partial charge in [0.05, 0.1) is 0 Å². The Kier molecular flexibility index (Phi) is 6.22. The molecule has 1 N–H and O–H groups in total. The number of amides is 1. The normalized spacial score (nSPS) is 13.9. The number of carbonyl (C=O) groups is 1. The van der Waals surface area contributed by atoms with Gasteiger partial charge in [0.2, 0.25) is 5.91 Å². The molecule has 2 aromatic rings. The summed E-state index contributed by atoms with van der Waals surface area (Å²) in [6.07, 6.45) is 3.56. The molecule has 0 bridgehead atoms. The van der Waals surface area contributed by atoms with Crippen LogP contribution in [-0.4, -0.2) is 19.0 Å². The fraction of sp³-hybridized carbons (Fsp3) is 0.350. The second-order valence-electron chi connectivity index (χ2n) is 6.37. The van der Waals surface area contributed by atoms with Crippen molar-refractivity contribution in [2.45, 2.75) is 32.2 Å². The van der Waals surface area contributed by atoms with E-state index in [9.17, 15) is 4.79 Å². The molecule has 2 aromatic carbocycles. The maximum absolute atomic E-state index is 12.1. The number of hydrogen-bond acceptors (Lipinski definition) is 2. The van der Waals surface area contributed by atoms with E-state index in [4.69, 9.17) is 23.2 Å². The lowest BCUT2D eigenvalue weighted by atomic mass is 10.1. The van der Waals surface area contributed by atoms with E-state index in [0.717, 1.165) is 24.2 Å². The number of rotatable bonds is 6. The van der Waals surface area contributed by atoms with Gasteiger partial charge in [0.25, 0.3) is 0 Å². The van der Waals surface area contributed by atoms with Gasteiger partial charge < -0.3 is 10.2 Å². The molecule has 0 aliphatic carbocycles. The molecule has 0 atom stereocenters. The number of hydrogen-bond donors (Lipinski definition) is 1. The molecule has 1 heterocycles. The molecular formula is C20H22Cl2N2O. The van der Waals surface area contributed by atoms with E-state index in [1.165, 1.54) is 18.5 Å². The first-order valence-electron chi connectivity index (χ1n) is 8.66. The molecule has 1 saturated heterocycles. The standard InChI is InChI=1S/C20H22Cl2N2O/c21-17-7-5-16(19(22)13-17)6-10-20(25)23-14-15-3-8-18(9-4-15)24-11-1-2-12-24/h3-5,7-9,13H,1-2,6,10-12,14H2,(H,23,25). The van der Waals surface area contributed by atoms with Crippen LogP contribution >= 0.6 is 23.2 Å². The highest BCUT2D eigenvalue weighted by atomic mass is 35.5. The number of aryl methyl sites for hydroxylation is 1. The van der Waals surface area contributed by atoms with Crippen LogP contribution in [0.4, 0.5) is 5.69 Å². The van der Waals surface area contributed by atoms with E-state index < -0.39 is 0 Å². The van der Waals surface area contributed by atoms with Crippen molar-refractivity contribution in [1.29, 1.82) is 0 Å². The molecule has 0 unspecified atom stereocenters. The summed E-state index contributed by atoms with van der Waals surface area (Å²) in [6, 6.07) is 13.8. The van der Waals surface area contributed by atoms with Gasteiger partial charge in [-0.05, 0) is 54.7 Å². The van der Waals surface area contributed by atoms with Crippen LogP contribution in [0.3, 0.4) is 0 Å². The number of anilines is 1. The molecule has 0 spiro atoms. The largest absolute Gasteiger partial charge is 0.372 e. The zero-order chi connectivity index (χ0) is 17.6. The van der Waals surface area contributed by atoms with Crippen molar-refractivity contribution in [1.82, 2.24) is 5.32 Å². The van der Waals surface area contributed by atoms with Crippen molar-refractivity contribution in [3.8, 4) is 0 Å². The van der Waals surface area contributed by atoms with Crippen LogP contribution in [0.15, 0.2) is 42.5 Å². The molecule has 25 heavy (non-hydrogen) atoms. The number of nitrogens with zero attached hydrogens (tertiary/aromatic N) is 1. The Morgan fingerprint density at radius 1 is 1.04 bits per heavy atom. The highest BCUT2D eigenvalue weighted by Crippen LogP contribution is 2.22. The Morgan fingerprint density at radius 2 is 1.76 bits per heavy atom. The molecule has 0 radical (unpaired) electrons. The summed E-state index contributed by atoms with van der Waals surface area (Å²) in [5, 5.41) is 4.18. The van der Waals surface area contributed by atoms with Gasteiger partial charge in [-0.15, -0.1) is 0 Å². The third kappa shape index (κ3) is 5.13. The van der Waals surface area contributed by atoms with Crippen molar-refractivity contribution in [3.63, 3.8) is 0 Å². The minimum atomic E-state index is 0.0228. The van der Waals surface area contributed by atoms with Crippen LogP contribution in [0.1, 0.15) is 30.4 Å². The number of carbonyl (C=O) groups excluding carboxylic acids is 1. The summed E-state index contributed by atoms with van der Waals surface area (Å²) in [7, 11) is 0. The minimum absolute atomic E-state index is 0.0228. The second kappa shape index (κ2) is 8.59. The fourth-order valence-electron chi connectivity index (χ4n) is 3.06. The second-order valence-corrected chi connectivity index (χ2v) is 7.22. The zero-order valence-electron chi connectivity index (χ0n) is 14.1. The van der Waals surface area contributed by atoms with Crippen molar-refractivity contribution in [2.24, 2.45) is 0 Å². The third-order valence-corrected chi connectivity index (χ3v) is 5.12. The molecule has 0 saturated carbocycles. The van der Waals surface area contributed by atoms with Crippen LogP contribution in [0.2, 0.25) is 10.0 Å². The number of benzene rings is 2. The average Bonchev–Trinajstić information content (AvgIpc) is 3.14. The first kappa shape index (κ1) is 18.1. The van der Waals surface area contributed by atoms with Gasteiger partial charge in [-0.2, -0.15) is 0 Å².